The number of hydrogen-bond donors (Lipinski definition) is 1. The molecule has 8 heteroatoms. The number of nitrogens with one attached hydrogen (secondary N) is 1. The molecule has 0 saturated carbocycles. The molecule has 0 spiro atoms. The van der Waals surface area contributed by atoms with E-state index in [1.54, 1.807) is 13.1 Å². The first-order chi connectivity index (χ1) is 11.5. The van der Waals surface area contributed by atoms with Gasteiger partial charge in [-0.3, -0.25) is 4.79 Å². The molecular weight excluding hydrogens is 380 g/mol. The highest BCUT2D eigenvalue weighted by Gasteiger charge is 2.25. The average Bonchev–Trinajstić information content (AvgIpc) is 2.88. The summed E-state index contributed by atoms with van der Waals surface area (Å²) in [4.78, 5) is 12.8. The van der Waals surface area contributed by atoms with Crippen molar-refractivity contribution in [3.05, 3.63) is 45.1 Å². The van der Waals surface area contributed by atoms with E-state index in [4.69, 9.17) is 11.6 Å². The van der Waals surface area contributed by atoms with Crippen LogP contribution in [-0.2, 0) is 9.84 Å². The number of rotatable bonds is 4. The van der Waals surface area contributed by atoms with E-state index in [9.17, 15) is 13.2 Å². The van der Waals surface area contributed by atoms with Crippen molar-refractivity contribution in [2.45, 2.75) is 37.5 Å². The molecule has 0 aliphatic rings. The van der Waals surface area contributed by atoms with Crippen LogP contribution in [0.25, 0.3) is 0 Å². The van der Waals surface area contributed by atoms with Gasteiger partial charge in [-0.2, -0.15) is 5.10 Å². The number of halogens is 1. The quantitative estimate of drug-likeness (QED) is 0.616. The zero-order valence-corrected chi connectivity index (χ0v) is 16.7. The van der Waals surface area contributed by atoms with E-state index >= 15 is 0 Å². The minimum atomic E-state index is -3.71. The first kappa shape index (κ1) is 19.6. The van der Waals surface area contributed by atoms with E-state index in [2.05, 4.69) is 10.5 Å². The van der Waals surface area contributed by atoms with Crippen molar-refractivity contribution in [3.8, 4) is 0 Å². The Morgan fingerprint density at radius 2 is 1.84 bits per heavy atom. The summed E-state index contributed by atoms with van der Waals surface area (Å²) in [6, 6.07) is 5.93. The molecule has 25 heavy (non-hydrogen) atoms. The van der Waals surface area contributed by atoms with Gasteiger partial charge in [-0.1, -0.05) is 32.4 Å². The maximum atomic E-state index is 12.7. The van der Waals surface area contributed by atoms with Gasteiger partial charge in [-0.15, -0.1) is 11.3 Å². The van der Waals surface area contributed by atoms with E-state index in [-0.39, 0.29) is 15.2 Å². The van der Waals surface area contributed by atoms with Crippen LogP contribution in [0.15, 0.2) is 44.5 Å². The molecule has 1 amide bonds. The summed E-state index contributed by atoms with van der Waals surface area (Å²) in [5, 5.41) is 5.85. The van der Waals surface area contributed by atoms with Gasteiger partial charge in [0, 0.05) is 16.6 Å². The molecule has 0 bridgehead atoms. The van der Waals surface area contributed by atoms with Crippen LogP contribution < -0.4 is 5.43 Å². The fraction of sp³-hybridized carbons (Fsp3) is 0.294. The fourth-order valence-electron chi connectivity index (χ4n) is 1.97. The lowest BCUT2D eigenvalue weighted by Gasteiger charge is -2.09. The van der Waals surface area contributed by atoms with E-state index in [1.165, 1.54) is 29.6 Å². The Labute approximate surface area is 156 Å². The first-order valence-electron chi connectivity index (χ1n) is 7.46. The van der Waals surface area contributed by atoms with Gasteiger partial charge in [0.15, 0.2) is 0 Å². The Hall–Kier alpha value is -1.70. The van der Waals surface area contributed by atoms with Crippen molar-refractivity contribution in [2.24, 2.45) is 10.5 Å². The van der Waals surface area contributed by atoms with Gasteiger partial charge < -0.3 is 0 Å². The summed E-state index contributed by atoms with van der Waals surface area (Å²) in [6.45, 7) is 7.48. The Morgan fingerprint density at radius 3 is 2.40 bits per heavy atom. The Kier molecular flexibility index (Phi) is 5.71. The predicted molar refractivity (Wildman–Crippen MR) is 101 cm³/mol. The number of carbonyl (C=O) groups is 1. The van der Waals surface area contributed by atoms with Crippen LogP contribution in [0, 0.1) is 12.3 Å². The van der Waals surface area contributed by atoms with Gasteiger partial charge in [0.1, 0.15) is 0 Å². The van der Waals surface area contributed by atoms with Gasteiger partial charge in [-0.05, 0) is 42.2 Å². The number of hydrazone groups is 1. The van der Waals surface area contributed by atoms with Crippen LogP contribution in [0.5, 0.6) is 0 Å². The van der Waals surface area contributed by atoms with Crippen LogP contribution in [-0.4, -0.2) is 20.5 Å². The highest BCUT2D eigenvalue weighted by Crippen LogP contribution is 2.31. The van der Waals surface area contributed by atoms with Crippen LogP contribution in [0.1, 0.15) is 36.0 Å². The summed E-state index contributed by atoms with van der Waals surface area (Å²) in [5.41, 5.74) is 2.68. The number of amides is 1. The van der Waals surface area contributed by atoms with Crippen molar-refractivity contribution >= 4 is 44.9 Å². The van der Waals surface area contributed by atoms with Gasteiger partial charge in [0.2, 0.25) is 9.84 Å². The molecule has 5 nitrogen and oxygen atoms in total. The molecule has 2 aromatic rings. The molecule has 1 aromatic carbocycles. The van der Waals surface area contributed by atoms with Gasteiger partial charge in [0.25, 0.3) is 5.91 Å². The maximum Gasteiger partial charge on any atom is 0.281 e. The van der Waals surface area contributed by atoms with E-state index in [0.717, 1.165) is 11.3 Å². The zero-order valence-electron chi connectivity index (χ0n) is 14.3. The molecule has 0 atom stereocenters. The molecule has 0 radical (unpaired) electrons. The maximum absolute atomic E-state index is 12.7. The third-order valence-electron chi connectivity index (χ3n) is 3.23. The van der Waals surface area contributed by atoms with Crippen molar-refractivity contribution in [3.63, 3.8) is 0 Å². The van der Waals surface area contributed by atoms with E-state index in [1.807, 2.05) is 20.8 Å². The summed E-state index contributed by atoms with van der Waals surface area (Å²) >= 11 is 6.88. The number of benzene rings is 1. The molecule has 2 rings (SSSR count). The van der Waals surface area contributed by atoms with E-state index in [0.29, 0.717) is 15.5 Å². The lowest BCUT2D eigenvalue weighted by Crippen LogP contribution is -2.19. The van der Waals surface area contributed by atoms with Crippen LogP contribution >= 0.6 is 22.9 Å². The lowest BCUT2D eigenvalue weighted by atomic mass is 9.99. The number of nitrogens with zero attached hydrogens (tertiary/aromatic N) is 1. The summed E-state index contributed by atoms with van der Waals surface area (Å²) in [6.07, 6.45) is 1.62. The topological polar surface area (TPSA) is 75.6 Å². The van der Waals surface area contributed by atoms with Crippen LogP contribution in [0.2, 0.25) is 5.02 Å². The van der Waals surface area contributed by atoms with Crippen molar-refractivity contribution < 1.29 is 13.2 Å². The largest absolute Gasteiger partial charge is 0.281 e. The second kappa shape index (κ2) is 7.27. The van der Waals surface area contributed by atoms with E-state index < -0.39 is 15.7 Å². The number of thiophene rings is 1. The second-order valence-corrected chi connectivity index (χ2v) is 9.81. The zero-order chi connectivity index (χ0) is 18.8. The van der Waals surface area contributed by atoms with Gasteiger partial charge in [-0.25, -0.2) is 13.8 Å². The third-order valence-corrected chi connectivity index (χ3v) is 6.61. The molecule has 134 valence electrons. The molecule has 0 saturated heterocycles. The number of sulfone groups is 1. The van der Waals surface area contributed by atoms with Crippen LogP contribution in [0.4, 0.5) is 0 Å². The number of hydrogen-bond acceptors (Lipinski definition) is 5. The van der Waals surface area contributed by atoms with Crippen molar-refractivity contribution in [1.29, 1.82) is 0 Å². The molecule has 0 fully saturated rings. The molecule has 1 N–H and O–H groups in total. The highest BCUT2D eigenvalue weighted by molar-refractivity contribution is 7.91. The highest BCUT2D eigenvalue weighted by atomic mass is 35.5. The smallest absolute Gasteiger partial charge is 0.266 e. The molecule has 1 heterocycles. The standard InChI is InChI=1S/C17H19ClN2O3S2/c1-11-14(25(22,23)13-7-5-12(18)6-8-13)9-24-15(11)16(21)20-19-10-17(2,3)4/h5-10H,1-4H3,(H,20,21). The third kappa shape index (κ3) is 4.68. The summed E-state index contributed by atoms with van der Waals surface area (Å²) in [7, 11) is -3.71. The molecule has 0 aliphatic heterocycles. The Morgan fingerprint density at radius 1 is 1.24 bits per heavy atom. The monoisotopic (exact) mass is 398 g/mol. The van der Waals surface area contributed by atoms with Crippen LogP contribution in [0.3, 0.4) is 0 Å². The Bertz CT molecular complexity index is 908. The minimum absolute atomic E-state index is 0.116. The summed E-state index contributed by atoms with van der Waals surface area (Å²) in [5.74, 6) is -0.430. The fourth-order valence-corrected chi connectivity index (χ4v) is 4.90. The predicted octanol–water partition coefficient (Wildman–Crippen LogP) is 4.30. The molecule has 0 unspecified atom stereocenters. The second-order valence-electron chi connectivity index (χ2n) is 6.58. The van der Waals surface area contributed by atoms with Gasteiger partial charge >= 0.3 is 0 Å². The Balaban J connectivity index is 2.30. The van der Waals surface area contributed by atoms with Crippen molar-refractivity contribution in [1.82, 2.24) is 5.43 Å². The normalized spacial score (nSPS) is 12.5. The molecule has 1 aromatic heterocycles. The average molecular weight is 399 g/mol. The van der Waals surface area contributed by atoms with Crippen molar-refractivity contribution in [2.75, 3.05) is 0 Å². The summed E-state index contributed by atoms with van der Waals surface area (Å²) < 4.78 is 25.5. The first-order valence-corrected chi connectivity index (χ1v) is 10.2. The SMILES string of the molecule is Cc1c(S(=O)(=O)c2ccc(Cl)cc2)csc1C(=O)NN=CC(C)(C)C. The minimum Gasteiger partial charge on any atom is -0.266 e. The molecule has 0 aliphatic carbocycles. The lowest BCUT2D eigenvalue weighted by molar-refractivity contribution is 0.0958. The van der Waals surface area contributed by atoms with Gasteiger partial charge in [0.05, 0.1) is 14.7 Å². The number of carbonyl (C=O) groups excluding carboxylic acids is 1. The molecular formula is C17H19ClN2O3S2.